The molecule has 7 nitrogen and oxygen atoms in total. The van der Waals surface area contributed by atoms with Crippen LogP contribution in [0.5, 0.6) is 0 Å². The lowest BCUT2D eigenvalue weighted by Crippen LogP contribution is -2.59. The van der Waals surface area contributed by atoms with Crippen LogP contribution in [0.25, 0.3) is 0 Å². The van der Waals surface area contributed by atoms with E-state index in [1.807, 2.05) is 24.3 Å². The first-order valence-electron chi connectivity index (χ1n) is 14.1. The molecule has 3 aliphatic rings. The molecule has 212 valence electrons. The summed E-state index contributed by atoms with van der Waals surface area (Å²) in [5, 5.41) is 3.73. The monoisotopic (exact) mass is 537 g/mol. The molecule has 0 unspecified atom stereocenters. The molecule has 0 spiro atoms. The van der Waals surface area contributed by atoms with Crippen LogP contribution in [0.3, 0.4) is 0 Å². The van der Waals surface area contributed by atoms with E-state index in [4.69, 9.17) is 14.2 Å². The number of allylic oxidation sites excluding steroid dienone is 1. The van der Waals surface area contributed by atoms with Crippen molar-refractivity contribution in [2.75, 3.05) is 13.2 Å². The largest absolute Gasteiger partial charge is 0.465 e. The topological polar surface area (TPSA) is 90.9 Å². The van der Waals surface area contributed by atoms with Crippen molar-refractivity contribution >= 4 is 17.9 Å². The molecule has 7 atom stereocenters. The van der Waals surface area contributed by atoms with Gasteiger partial charge in [-0.1, -0.05) is 56.3 Å². The van der Waals surface area contributed by atoms with Crippen molar-refractivity contribution < 1.29 is 28.6 Å². The molecular formula is C32H43NO6. The number of hydrogen-bond donors (Lipinski definition) is 1. The maximum Gasteiger partial charge on any atom is 0.335 e. The Hall–Kier alpha value is -2.93. The van der Waals surface area contributed by atoms with Crippen molar-refractivity contribution in [2.24, 2.45) is 22.7 Å². The SMILES string of the molecule is C=C1CC[C@@H]2[C@](C)(COC(C)=O)[C@H](OC(C)=O)CC[C@@]2(C)[C@@H]1C[C@H](N[C@@H](C)c1ccccc1)C1=CCOC1=O. The van der Waals surface area contributed by atoms with Gasteiger partial charge in [-0.25, -0.2) is 4.79 Å². The second kappa shape index (κ2) is 11.7. The lowest BCUT2D eigenvalue weighted by atomic mass is 9.46. The number of cyclic esters (lactones) is 1. The number of benzene rings is 1. The molecule has 0 aromatic heterocycles. The fourth-order valence-electron chi connectivity index (χ4n) is 7.57. The third-order valence-corrected chi connectivity index (χ3v) is 9.56. The Kier molecular flexibility index (Phi) is 8.69. The van der Waals surface area contributed by atoms with Crippen molar-refractivity contribution in [2.45, 2.75) is 84.9 Å². The summed E-state index contributed by atoms with van der Waals surface area (Å²) in [6.07, 6.45) is 5.50. The number of carbonyl (C=O) groups is 3. The third-order valence-electron chi connectivity index (χ3n) is 9.56. The Morgan fingerprint density at radius 1 is 1.15 bits per heavy atom. The fourth-order valence-corrected chi connectivity index (χ4v) is 7.57. The zero-order chi connectivity index (χ0) is 28.4. The van der Waals surface area contributed by atoms with Gasteiger partial charge in [-0.15, -0.1) is 0 Å². The van der Waals surface area contributed by atoms with Crippen LogP contribution in [-0.2, 0) is 28.6 Å². The minimum absolute atomic E-state index is 0.0277. The molecule has 39 heavy (non-hydrogen) atoms. The quantitative estimate of drug-likeness (QED) is 0.254. The highest BCUT2D eigenvalue weighted by Gasteiger charge is 2.60. The summed E-state index contributed by atoms with van der Waals surface area (Å²) in [6.45, 7) is 14.4. The van der Waals surface area contributed by atoms with Crippen molar-refractivity contribution in [3.05, 3.63) is 59.7 Å². The molecule has 7 heteroatoms. The Balaban J connectivity index is 1.66. The highest BCUT2D eigenvalue weighted by atomic mass is 16.6. The molecule has 1 aliphatic heterocycles. The standard InChI is InChI=1S/C32H43NO6/c1-20-12-13-28-31(5,16-14-29(39-23(4)35)32(28,6)19-38-22(3)34)26(20)18-27(25-15-17-37-30(25)36)33-21(2)24-10-8-7-9-11-24/h7-11,15,21,26-29,33H,1,12-14,16-19H2,2-6H3/t21-,26+,27-,28-,29+,31-,32-/m0/s1. The lowest BCUT2D eigenvalue weighted by molar-refractivity contribution is -0.191. The average molecular weight is 538 g/mol. The van der Waals surface area contributed by atoms with Gasteiger partial charge in [-0.05, 0) is 67.9 Å². The maximum atomic E-state index is 12.8. The van der Waals surface area contributed by atoms with E-state index in [-0.39, 0.29) is 60.0 Å². The van der Waals surface area contributed by atoms with Crippen LogP contribution in [0.2, 0.25) is 0 Å². The minimum Gasteiger partial charge on any atom is -0.465 e. The number of rotatable bonds is 9. The van der Waals surface area contributed by atoms with Gasteiger partial charge >= 0.3 is 17.9 Å². The molecule has 0 radical (unpaired) electrons. The van der Waals surface area contributed by atoms with Crippen LogP contribution >= 0.6 is 0 Å². The summed E-state index contributed by atoms with van der Waals surface area (Å²) in [5.41, 5.74) is 2.29. The summed E-state index contributed by atoms with van der Waals surface area (Å²) in [4.78, 5) is 36.7. The molecule has 2 saturated carbocycles. The first-order chi connectivity index (χ1) is 18.5. The highest BCUT2D eigenvalue weighted by molar-refractivity contribution is 5.91. The third kappa shape index (κ3) is 5.98. The first-order valence-corrected chi connectivity index (χ1v) is 14.1. The smallest absolute Gasteiger partial charge is 0.335 e. The van der Waals surface area contributed by atoms with Gasteiger partial charge in [0.25, 0.3) is 0 Å². The van der Waals surface area contributed by atoms with Crippen LogP contribution in [0.1, 0.15) is 78.3 Å². The normalized spacial score (nSPS) is 31.9. The number of nitrogens with one attached hydrogen (secondary N) is 1. The Morgan fingerprint density at radius 3 is 2.49 bits per heavy atom. The van der Waals surface area contributed by atoms with Gasteiger partial charge in [-0.3, -0.25) is 9.59 Å². The summed E-state index contributed by atoms with van der Waals surface area (Å²) in [5.74, 6) is -0.683. The van der Waals surface area contributed by atoms with Gasteiger partial charge in [0.2, 0.25) is 0 Å². The zero-order valence-corrected chi connectivity index (χ0v) is 24.0. The summed E-state index contributed by atoms with van der Waals surface area (Å²) < 4.78 is 16.8. The van der Waals surface area contributed by atoms with Crippen molar-refractivity contribution in [3.8, 4) is 0 Å². The van der Waals surface area contributed by atoms with E-state index in [1.165, 1.54) is 19.4 Å². The van der Waals surface area contributed by atoms with Gasteiger partial charge < -0.3 is 19.5 Å². The van der Waals surface area contributed by atoms with E-state index < -0.39 is 5.41 Å². The number of ether oxygens (including phenoxy) is 3. The zero-order valence-electron chi connectivity index (χ0n) is 24.0. The first kappa shape index (κ1) is 29.1. The van der Waals surface area contributed by atoms with Gasteiger partial charge in [0.15, 0.2) is 0 Å². The predicted molar refractivity (Wildman–Crippen MR) is 148 cm³/mol. The number of esters is 3. The van der Waals surface area contributed by atoms with Crippen molar-refractivity contribution in [1.82, 2.24) is 5.32 Å². The van der Waals surface area contributed by atoms with E-state index in [1.54, 1.807) is 0 Å². The molecule has 0 amide bonds. The number of fused-ring (bicyclic) bond motifs is 1. The highest BCUT2D eigenvalue weighted by Crippen LogP contribution is 2.62. The number of hydrogen-bond acceptors (Lipinski definition) is 7. The minimum atomic E-state index is -0.533. The Bertz CT molecular complexity index is 1130. The Labute approximate surface area is 232 Å². The summed E-state index contributed by atoms with van der Waals surface area (Å²) in [7, 11) is 0. The predicted octanol–water partition coefficient (Wildman–Crippen LogP) is 5.46. The maximum absolute atomic E-state index is 12.8. The van der Waals surface area contributed by atoms with Gasteiger partial charge in [-0.2, -0.15) is 0 Å². The van der Waals surface area contributed by atoms with E-state index >= 15 is 0 Å². The van der Waals surface area contributed by atoms with Gasteiger partial charge in [0, 0.05) is 31.3 Å². The molecule has 1 aromatic rings. The second-order valence-corrected chi connectivity index (χ2v) is 12.1. The molecule has 1 aromatic carbocycles. The van der Waals surface area contributed by atoms with Crippen LogP contribution in [-0.4, -0.2) is 43.3 Å². The molecule has 1 N–H and O–H groups in total. The van der Waals surface area contributed by atoms with E-state index in [0.29, 0.717) is 25.0 Å². The van der Waals surface area contributed by atoms with Crippen LogP contribution in [0, 0.1) is 22.7 Å². The van der Waals surface area contributed by atoms with Crippen molar-refractivity contribution in [1.29, 1.82) is 0 Å². The molecule has 2 aliphatic carbocycles. The molecule has 2 fully saturated rings. The molecule has 0 bridgehead atoms. The van der Waals surface area contributed by atoms with Crippen LogP contribution in [0.15, 0.2) is 54.1 Å². The molecule has 4 rings (SSSR count). The second-order valence-electron chi connectivity index (χ2n) is 12.1. The summed E-state index contributed by atoms with van der Waals surface area (Å²) in [6, 6.07) is 10.0. The number of carbonyl (C=O) groups excluding carboxylic acids is 3. The molecule has 0 saturated heterocycles. The van der Waals surface area contributed by atoms with E-state index in [9.17, 15) is 14.4 Å². The van der Waals surface area contributed by atoms with Crippen molar-refractivity contribution in [3.63, 3.8) is 0 Å². The van der Waals surface area contributed by atoms with Gasteiger partial charge in [0.1, 0.15) is 19.3 Å². The fraction of sp³-hybridized carbons (Fsp3) is 0.594. The van der Waals surface area contributed by atoms with Crippen LogP contribution < -0.4 is 5.32 Å². The summed E-state index contributed by atoms with van der Waals surface area (Å²) >= 11 is 0. The van der Waals surface area contributed by atoms with E-state index in [2.05, 4.69) is 44.8 Å². The molecular weight excluding hydrogens is 494 g/mol. The average Bonchev–Trinajstić information content (AvgIpc) is 3.32. The van der Waals surface area contributed by atoms with E-state index in [0.717, 1.165) is 24.8 Å². The lowest BCUT2D eigenvalue weighted by Gasteiger charge is -2.60. The Morgan fingerprint density at radius 2 is 1.87 bits per heavy atom. The molecule has 1 heterocycles. The van der Waals surface area contributed by atoms with Crippen LogP contribution in [0.4, 0.5) is 0 Å². The van der Waals surface area contributed by atoms with Gasteiger partial charge in [0.05, 0.1) is 5.57 Å².